The molecule has 0 saturated heterocycles. The highest BCUT2D eigenvalue weighted by Gasteiger charge is 2.28. The molecular formula is C15H17ClN4O2S. The average molecular weight is 353 g/mol. The predicted molar refractivity (Wildman–Crippen MR) is 91.1 cm³/mol. The zero-order valence-electron chi connectivity index (χ0n) is 12.9. The number of fused-ring (bicyclic) bond motifs is 1. The second kappa shape index (κ2) is 6.17. The number of rotatable bonds is 3. The van der Waals surface area contributed by atoms with Crippen molar-refractivity contribution >= 4 is 33.7 Å². The van der Waals surface area contributed by atoms with Gasteiger partial charge in [0.15, 0.2) is 16.4 Å². The zero-order chi connectivity index (χ0) is 15.9. The molecular weight excluding hydrogens is 336 g/mol. The summed E-state index contributed by atoms with van der Waals surface area (Å²) in [6.45, 7) is 3.70. The van der Waals surface area contributed by atoms with E-state index in [1.54, 1.807) is 41.9 Å². The number of hydrogen-bond donors (Lipinski definition) is 1. The summed E-state index contributed by atoms with van der Waals surface area (Å²) in [5, 5.41) is 7.18. The van der Waals surface area contributed by atoms with E-state index in [-0.39, 0.29) is 22.2 Å². The maximum atomic E-state index is 13.0. The Balaban J connectivity index is 0.00000192. The Morgan fingerprint density at radius 1 is 1.13 bits per heavy atom. The van der Waals surface area contributed by atoms with E-state index in [0.717, 1.165) is 11.4 Å². The van der Waals surface area contributed by atoms with Crippen molar-refractivity contribution in [2.24, 2.45) is 0 Å². The van der Waals surface area contributed by atoms with Crippen LogP contribution in [0.4, 0.5) is 5.82 Å². The lowest BCUT2D eigenvalue weighted by Crippen LogP contribution is -2.05. The van der Waals surface area contributed by atoms with Crippen LogP contribution in [-0.2, 0) is 9.84 Å². The van der Waals surface area contributed by atoms with Gasteiger partial charge in [0.2, 0.25) is 9.84 Å². The van der Waals surface area contributed by atoms with Crippen LogP contribution < -0.4 is 5.32 Å². The van der Waals surface area contributed by atoms with Gasteiger partial charge in [-0.3, -0.25) is 0 Å². The molecule has 0 amide bonds. The number of anilines is 1. The second-order valence-corrected chi connectivity index (χ2v) is 6.91. The number of halogens is 1. The molecule has 3 aromatic rings. The molecule has 0 atom stereocenters. The van der Waals surface area contributed by atoms with Gasteiger partial charge in [-0.05, 0) is 32.0 Å². The molecule has 0 aliphatic heterocycles. The fourth-order valence-electron chi connectivity index (χ4n) is 2.43. The maximum absolute atomic E-state index is 13.0. The van der Waals surface area contributed by atoms with Crippen LogP contribution in [0.5, 0.6) is 0 Å². The van der Waals surface area contributed by atoms with Crippen LogP contribution in [0.3, 0.4) is 0 Å². The van der Waals surface area contributed by atoms with Crippen LogP contribution in [0, 0.1) is 13.8 Å². The van der Waals surface area contributed by atoms with E-state index in [1.165, 1.54) is 0 Å². The molecule has 0 fully saturated rings. The molecule has 2 heterocycles. The van der Waals surface area contributed by atoms with E-state index in [2.05, 4.69) is 15.4 Å². The first-order valence-electron chi connectivity index (χ1n) is 6.80. The van der Waals surface area contributed by atoms with Gasteiger partial charge in [-0.25, -0.2) is 17.9 Å². The molecule has 8 heteroatoms. The topological polar surface area (TPSA) is 76.4 Å². The molecule has 122 valence electrons. The van der Waals surface area contributed by atoms with E-state index in [4.69, 9.17) is 0 Å². The van der Waals surface area contributed by atoms with Gasteiger partial charge in [-0.15, -0.1) is 17.5 Å². The number of hydrogen-bond acceptors (Lipinski definition) is 5. The normalized spacial score (nSPS) is 11.3. The number of sulfone groups is 1. The van der Waals surface area contributed by atoms with Gasteiger partial charge in [0.1, 0.15) is 0 Å². The molecule has 1 N–H and O–H groups in total. The molecule has 6 nitrogen and oxygen atoms in total. The Morgan fingerprint density at radius 2 is 1.78 bits per heavy atom. The molecule has 0 saturated carbocycles. The number of nitrogens with zero attached hydrogens (tertiary/aromatic N) is 3. The van der Waals surface area contributed by atoms with Crippen LogP contribution in [0.2, 0.25) is 0 Å². The third-order valence-corrected chi connectivity index (χ3v) is 5.22. The third-order valence-electron chi connectivity index (χ3n) is 3.41. The number of nitrogens with one attached hydrogen (secondary N) is 1. The molecule has 3 rings (SSSR count). The van der Waals surface area contributed by atoms with Crippen LogP contribution >= 0.6 is 12.4 Å². The smallest absolute Gasteiger partial charge is 0.214 e. The molecule has 0 aliphatic rings. The van der Waals surface area contributed by atoms with Crippen molar-refractivity contribution in [2.45, 2.75) is 23.6 Å². The average Bonchev–Trinajstić information content (AvgIpc) is 2.87. The lowest BCUT2D eigenvalue weighted by atomic mass is 10.3. The van der Waals surface area contributed by atoms with Crippen molar-refractivity contribution in [3.63, 3.8) is 0 Å². The van der Waals surface area contributed by atoms with Crippen LogP contribution in [-0.4, -0.2) is 30.1 Å². The first-order valence-corrected chi connectivity index (χ1v) is 8.28. The van der Waals surface area contributed by atoms with Gasteiger partial charge in [-0.2, -0.15) is 0 Å². The first kappa shape index (κ1) is 17.2. The van der Waals surface area contributed by atoms with Crippen LogP contribution in [0.1, 0.15) is 11.4 Å². The molecule has 0 radical (unpaired) electrons. The predicted octanol–water partition coefficient (Wildman–Crippen LogP) is 2.64. The van der Waals surface area contributed by atoms with Crippen molar-refractivity contribution in [1.82, 2.24) is 14.6 Å². The van der Waals surface area contributed by atoms with Gasteiger partial charge < -0.3 is 5.32 Å². The highest BCUT2D eigenvalue weighted by atomic mass is 35.5. The van der Waals surface area contributed by atoms with Gasteiger partial charge in [0.05, 0.1) is 4.90 Å². The molecule has 23 heavy (non-hydrogen) atoms. The summed E-state index contributed by atoms with van der Waals surface area (Å²) in [5.41, 5.74) is 1.91. The summed E-state index contributed by atoms with van der Waals surface area (Å²) >= 11 is 0. The molecule has 1 aromatic carbocycles. The Morgan fingerprint density at radius 3 is 2.39 bits per heavy atom. The molecule has 0 spiro atoms. The fraction of sp³-hybridized carbons (Fsp3) is 0.200. The zero-order valence-corrected chi connectivity index (χ0v) is 14.6. The monoisotopic (exact) mass is 352 g/mol. The highest BCUT2D eigenvalue weighted by molar-refractivity contribution is 7.91. The minimum atomic E-state index is -3.71. The quantitative estimate of drug-likeness (QED) is 0.784. The lowest BCUT2D eigenvalue weighted by Gasteiger charge is -2.05. The Hall–Kier alpha value is -2.12. The minimum Gasteiger partial charge on any atom is -0.370 e. The third kappa shape index (κ3) is 2.77. The fourth-order valence-corrected chi connectivity index (χ4v) is 3.95. The SMILES string of the molecule is CNc1nn2c(C)cc(C)nc2c1S(=O)(=O)c1ccccc1.Cl. The second-order valence-electron chi connectivity index (χ2n) is 5.02. The van der Waals surface area contributed by atoms with E-state index < -0.39 is 9.84 Å². The van der Waals surface area contributed by atoms with E-state index in [1.807, 2.05) is 19.9 Å². The van der Waals surface area contributed by atoms with Crippen LogP contribution in [0.15, 0.2) is 46.2 Å². The highest BCUT2D eigenvalue weighted by Crippen LogP contribution is 2.30. The Labute approximate surface area is 140 Å². The molecule has 0 aliphatic carbocycles. The maximum Gasteiger partial charge on any atom is 0.214 e. The van der Waals surface area contributed by atoms with Gasteiger partial charge in [-0.1, -0.05) is 18.2 Å². The summed E-state index contributed by atoms with van der Waals surface area (Å²) in [6, 6.07) is 10.2. The van der Waals surface area contributed by atoms with E-state index in [9.17, 15) is 8.42 Å². The lowest BCUT2D eigenvalue weighted by molar-refractivity contribution is 0.597. The summed E-state index contributed by atoms with van der Waals surface area (Å²) in [4.78, 5) is 4.71. The van der Waals surface area contributed by atoms with Gasteiger partial charge in [0, 0.05) is 18.4 Å². The van der Waals surface area contributed by atoms with Gasteiger partial charge in [0.25, 0.3) is 0 Å². The molecule has 0 bridgehead atoms. The molecule has 0 unspecified atom stereocenters. The number of aromatic nitrogens is 3. The van der Waals surface area contributed by atoms with E-state index in [0.29, 0.717) is 11.5 Å². The van der Waals surface area contributed by atoms with Crippen LogP contribution in [0.25, 0.3) is 5.65 Å². The van der Waals surface area contributed by atoms with Crippen molar-refractivity contribution < 1.29 is 8.42 Å². The summed E-state index contributed by atoms with van der Waals surface area (Å²) < 4.78 is 27.5. The standard InChI is InChI=1S/C15H16N4O2S.ClH/c1-10-9-11(2)19-15(17-10)13(14(16-3)18-19)22(20,21)12-7-5-4-6-8-12;/h4-9H,1-3H3,(H,16,18);1H. The Kier molecular flexibility index (Phi) is 4.63. The summed E-state index contributed by atoms with van der Waals surface area (Å²) in [6.07, 6.45) is 0. The van der Waals surface area contributed by atoms with Crippen molar-refractivity contribution in [3.8, 4) is 0 Å². The van der Waals surface area contributed by atoms with Crippen molar-refractivity contribution in [3.05, 3.63) is 47.8 Å². The van der Waals surface area contributed by atoms with Gasteiger partial charge >= 0.3 is 0 Å². The van der Waals surface area contributed by atoms with Crippen molar-refractivity contribution in [1.29, 1.82) is 0 Å². The number of benzene rings is 1. The van der Waals surface area contributed by atoms with Crippen molar-refractivity contribution in [2.75, 3.05) is 12.4 Å². The Bertz CT molecular complexity index is 953. The summed E-state index contributed by atoms with van der Waals surface area (Å²) in [5.74, 6) is 0.296. The summed E-state index contributed by atoms with van der Waals surface area (Å²) in [7, 11) is -2.06. The number of aryl methyl sites for hydroxylation is 2. The minimum absolute atomic E-state index is 0. The van der Waals surface area contributed by atoms with E-state index >= 15 is 0 Å². The molecule has 2 aromatic heterocycles. The first-order chi connectivity index (χ1) is 10.4. The largest absolute Gasteiger partial charge is 0.370 e.